The van der Waals surface area contributed by atoms with E-state index in [1.807, 2.05) is 6.07 Å². The third kappa shape index (κ3) is 2.26. The lowest BCUT2D eigenvalue weighted by Crippen LogP contribution is -2.44. The molecule has 4 heteroatoms. The largest absolute Gasteiger partial charge is 0.481 e. The van der Waals surface area contributed by atoms with E-state index in [1.165, 1.54) is 11.3 Å². The van der Waals surface area contributed by atoms with Crippen LogP contribution < -0.4 is 4.90 Å². The quantitative estimate of drug-likeness (QED) is 0.931. The topological polar surface area (TPSA) is 40.5 Å². The Kier molecular flexibility index (Phi) is 3.66. The molecule has 1 heterocycles. The Morgan fingerprint density at radius 1 is 1.44 bits per heavy atom. The molecular weight excluding hydrogens is 294 g/mol. The van der Waals surface area contributed by atoms with Gasteiger partial charge in [0, 0.05) is 22.2 Å². The first kappa shape index (κ1) is 13.4. The highest BCUT2D eigenvalue weighted by Gasteiger charge is 2.37. The average molecular weight is 312 g/mol. The number of carbonyl (C=O) groups is 1. The van der Waals surface area contributed by atoms with Gasteiger partial charge in [-0.05, 0) is 51.0 Å². The summed E-state index contributed by atoms with van der Waals surface area (Å²) in [6.45, 7) is 6.01. The van der Waals surface area contributed by atoms with Gasteiger partial charge in [-0.3, -0.25) is 4.79 Å². The standard InChI is InChI=1S/C14H18BrNO2/c1-8(2)16-12-5-4-11(15)6-10(12)7-13(16)9(3)14(17)18/h4-6,8-9,13H,7H2,1-3H3,(H,17,18). The van der Waals surface area contributed by atoms with Crippen LogP contribution in [-0.2, 0) is 11.2 Å². The molecule has 1 aliphatic rings. The summed E-state index contributed by atoms with van der Waals surface area (Å²) in [6.07, 6.45) is 0.806. The molecule has 1 aliphatic heterocycles. The third-order valence-electron chi connectivity index (χ3n) is 3.63. The van der Waals surface area contributed by atoms with Gasteiger partial charge in [-0.2, -0.15) is 0 Å². The molecule has 0 bridgehead atoms. The summed E-state index contributed by atoms with van der Waals surface area (Å²) < 4.78 is 1.05. The highest BCUT2D eigenvalue weighted by molar-refractivity contribution is 9.10. The van der Waals surface area contributed by atoms with Crippen LogP contribution in [0.25, 0.3) is 0 Å². The van der Waals surface area contributed by atoms with Crippen LogP contribution in [0.2, 0.25) is 0 Å². The van der Waals surface area contributed by atoms with E-state index in [-0.39, 0.29) is 12.0 Å². The van der Waals surface area contributed by atoms with E-state index in [2.05, 4.69) is 46.8 Å². The Morgan fingerprint density at radius 3 is 2.67 bits per heavy atom. The molecule has 3 nitrogen and oxygen atoms in total. The number of rotatable bonds is 3. The van der Waals surface area contributed by atoms with Crippen LogP contribution >= 0.6 is 15.9 Å². The van der Waals surface area contributed by atoms with Gasteiger partial charge in [-0.15, -0.1) is 0 Å². The van der Waals surface area contributed by atoms with Crippen LogP contribution in [0.3, 0.4) is 0 Å². The molecule has 2 rings (SSSR count). The molecule has 2 unspecified atom stereocenters. The number of benzene rings is 1. The number of nitrogens with zero attached hydrogens (tertiary/aromatic N) is 1. The molecule has 98 valence electrons. The minimum Gasteiger partial charge on any atom is -0.481 e. The second kappa shape index (κ2) is 4.92. The second-order valence-electron chi connectivity index (χ2n) is 5.17. The van der Waals surface area contributed by atoms with E-state index in [0.717, 1.165) is 10.9 Å². The van der Waals surface area contributed by atoms with Crippen molar-refractivity contribution < 1.29 is 9.90 Å². The smallest absolute Gasteiger partial charge is 0.308 e. The van der Waals surface area contributed by atoms with E-state index >= 15 is 0 Å². The summed E-state index contributed by atoms with van der Waals surface area (Å²) >= 11 is 3.47. The third-order valence-corrected chi connectivity index (χ3v) is 4.12. The lowest BCUT2D eigenvalue weighted by atomic mass is 9.97. The fourth-order valence-corrected chi connectivity index (χ4v) is 3.12. The number of fused-ring (bicyclic) bond motifs is 1. The number of hydrogen-bond donors (Lipinski definition) is 1. The lowest BCUT2D eigenvalue weighted by molar-refractivity contribution is -0.141. The summed E-state index contributed by atoms with van der Waals surface area (Å²) in [5.41, 5.74) is 2.41. The predicted molar refractivity (Wildman–Crippen MR) is 76.0 cm³/mol. The predicted octanol–water partition coefficient (Wildman–Crippen LogP) is 3.31. The van der Waals surface area contributed by atoms with E-state index in [0.29, 0.717) is 6.04 Å². The fraction of sp³-hybridized carbons (Fsp3) is 0.500. The SMILES string of the molecule is CC(C(=O)O)C1Cc2cc(Br)ccc2N1C(C)C. The van der Waals surface area contributed by atoms with Gasteiger partial charge in [0.1, 0.15) is 0 Å². The molecule has 0 fully saturated rings. The van der Waals surface area contributed by atoms with Gasteiger partial charge in [0.05, 0.1) is 5.92 Å². The van der Waals surface area contributed by atoms with Crippen molar-refractivity contribution in [3.05, 3.63) is 28.2 Å². The maximum atomic E-state index is 11.2. The molecule has 0 spiro atoms. The van der Waals surface area contributed by atoms with Crippen molar-refractivity contribution in [2.24, 2.45) is 5.92 Å². The highest BCUT2D eigenvalue weighted by atomic mass is 79.9. The number of halogens is 1. The molecule has 0 saturated carbocycles. The van der Waals surface area contributed by atoms with E-state index in [9.17, 15) is 9.90 Å². The summed E-state index contributed by atoms with van der Waals surface area (Å²) in [6, 6.07) is 6.54. The molecule has 0 saturated heterocycles. The Bertz CT molecular complexity index is 473. The number of anilines is 1. The average Bonchev–Trinajstić information content (AvgIpc) is 2.65. The van der Waals surface area contributed by atoms with Gasteiger partial charge in [0.2, 0.25) is 0 Å². The first-order valence-corrected chi connectivity index (χ1v) is 7.00. The Balaban J connectivity index is 2.40. The van der Waals surface area contributed by atoms with Crippen molar-refractivity contribution in [3.63, 3.8) is 0 Å². The van der Waals surface area contributed by atoms with Gasteiger partial charge in [-0.1, -0.05) is 15.9 Å². The van der Waals surface area contributed by atoms with E-state index in [4.69, 9.17) is 0 Å². The van der Waals surface area contributed by atoms with Crippen molar-refractivity contribution >= 4 is 27.6 Å². The molecular formula is C14H18BrNO2. The van der Waals surface area contributed by atoms with Gasteiger partial charge in [0.25, 0.3) is 0 Å². The Labute approximate surface area is 116 Å². The van der Waals surface area contributed by atoms with Crippen molar-refractivity contribution in [1.29, 1.82) is 0 Å². The van der Waals surface area contributed by atoms with Crippen LogP contribution in [0.4, 0.5) is 5.69 Å². The Hall–Kier alpha value is -1.03. The van der Waals surface area contributed by atoms with Crippen LogP contribution in [0.1, 0.15) is 26.3 Å². The maximum absolute atomic E-state index is 11.2. The van der Waals surface area contributed by atoms with Gasteiger partial charge in [0.15, 0.2) is 0 Å². The van der Waals surface area contributed by atoms with Crippen LogP contribution in [-0.4, -0.2) is 23.2 Å². The van der Waals surface area contributed by atoms with E-state index in [1.54, 1.807) is 6.92 Å². The monoisotopic (exact) mass is 311 g/mol. The Morgan fingerprint density at radius 2 is 2.11 bits per heavy atom. The fourth-order valence-electron chi connectivity index (χ4n) is 2.72. The zero-order valence-electron chi connectivity index (χ0n) is 10.9. The van der Waals surface area contributed by atoms with Crippen molar-refractivity contribution in [3.8, 4) is 0 Å². The summed E-state index contributed by atoms with van der Waals surface area (Å²) in [5, 5.41) is 9.24. The second-order valence-corrected chi connectivity index (χ2v) is 6.09. The molecule has 0 radical (unpaired) electrons. The van der Waals surface area contributed by atoms with Crippen LogP contribution in [0, 0.1) is 5.92 Å². The highest BCUT2D eigenvalue weighted by Crippen LogP contribution is 2.38. The molecule has 18 heavy (non-hydrogen) atoms. The lowest BCUT2D eigenvalue weighted by Gasteiger charge is -2.33. The number of carboxylic acid groups (broad SMARTS) is 1. The van der Waals surface area contributed by atoms with Crippen molar-refractivity contribution in [1.82, 2.24) is 0 Å². The minimum absolute atomic E-state index is 0.0480. The zero-order valence-corrected chi connectivity index (χ0v) is 12.4. The molecule has 1 aromatic rings. The molecule has 0 amide bonds. The number of hydrogen-bond acceptors (Lipinski definition) is 2. The molecule has 2 atom stereocenters. The first-order valence-electron chi connectivity index (χ1n) is 6.21. The van der Waals surface area contributed by atoms with Gasteiger partial charge < -0.3 is 10.0 Å². The minimum atomic E-state index is -0.725. The van der Waals surface area contributed by atoms with E-state index < -0.39 is 5.97 Å². The van der Waals surface area contributed by atoms with Gasteiger partial charge >= 0.3 is 5.97 Å². The summed E-state index contributed by atoms with van der Waals surface area (Å²) in [7, 11) is 0. The van der Waals surface area contributed by atoms with Crippen LogP contribution in [0.15, 0.2) is 22.7 Å². The number of aliphatic carboxylic acids is 1. The van der Waals surface area contributed by atoms with Crippen molar-refractivity contribution in [2.75, 3.05) is 4.90 Å². The van der Waals surface area contributed by atoms with Crippen molar-refractivity contribution in [2.45, 2.75) is 39.3 Å². The summed E-state index contributed by atoms with van der Waals surface area (Å²) in [5.74, 6) is -1.09. The normalized spacial score (nSPS) is 20.1. The molecule has 1 aromatic carbocycles. The maximum Gasteiger partial charge on any atom is 0.308 e. The molecule has 0 aliphatic carbocycles. The van der Waals surface area contributed by atoms with Crippen LogP contribution in [0.5, 0.6) is 0 Å². The first-order chi connectivity index (χ1) is 8.41. The molecule has 0 aromatic heterocycles. The number of carboxylic acids is 1. The van der Waals surface area contributed by atoms with Gasteiger partial charge in [-0.25, -0.2) is 0 Å². The zero-order chi connectivity index (χ0) is 13.4. The molecule has 1 N–H and O–H groups in total. The summed E-state index contributed by atoms with van der Waals surface area (Å²) in [4.78, 5) is 13.5.